The number of H-pyrrole nitrogens is 1. The number of hydrogen-bond donors (Lipinski definition) is 1. The first kappa shape index (κ1) is 14.3. The maximum atomic E-state index is 5.09. The van der Waals surface area contributed by atoms with Gasteiger partial charge in [0, 0.05) is 23.0 Å². The highest BCUT2D eigenvalue weighted by Gasteiger charge is 2.19. The summed E-state index contributed by atoms with van der Waals surface area (Å²) < 4.78 is 4.56. The Balaban J connectivity index is 1.89. The van der Waals surface area contributed by atoms with Gasteiger partial charge in [0.05, 0.1) is 6.21 Å². The summed E-state index contributed by atoms with van der Waals surface area (Å²) >= 11 is 5.09. The Morgan fingerprint density at radius 1 is 1.33 bits per heavy atom. The summed E-state index contributed by atoms with van der Waals surface area (Å²) in [6.45, 7) is 4.36. The molecule has 6 heteroatoms. The lowest BCUT2D eigenvalue weighted by molar-refractivity contribution is 0.346. The second-order valence-electron chi connectivity index (χ2n) is 5.74. The normalized spacial score (nSPS) is 16.9. The predicted molar refractivity (Wildman–Crippen MR) is 86.4 cm³/mol. The van der Waals surface area contributed by atoms with Crippen LogP contribution in [-0.4, -0.2) is 25.7 Å². The Morgan fingerprint density at radius 3 is 2.76 bits per heavy atom. The van der Waals surface area contributed by atoms with E-state index in [0.717, 1.165) is 5.56 Å². The van der Waals surface area contributed by atoms with Gasteiger partial charge in [-0.1, -0.05) is 19.3 Å². The van der Waals surface area contributed by atoms with Crippen LogP contribution in [-0.2, 0) is 0 Å². The van der Waals surface area contributed by atoms with Gasteiger partial charge in [-0.25, -0.2) is 0 Å². The molecule has 2 aromatic heterocycles. The molecule has 112 valence electrons. The molecule has 5 nitrogen and oxygen atoms in total. The van der Waals surface area contributed by atoms with Crippen molar-refractivity contribution in [2.75, 3.05) is 0 Å². The third kappa shape index (κ3) is 2.85. The van der Waals surface area contributed by atoms with Crippen LogP contribution in [0.3, 0.4) is 0 Å². The van der Waals surface area contributed by atoms with Crippen molar-refractivity contribution in [3.63, 3.8) is 0 Å². The average Bonchev–Trinajstić information content (AvgIpc) is 3.01. The minimum atomic E-state index is 0.507. The molecule has 0 amide bonds. The molecule has 1 saturated carbocycles. The maximum Gasteiger partial charge on any atom is 0.216 e. The number of aryl methyl sites for hydroxylation is 1. The Kier molecular flexibility index (Phi) is 4.05. The highest BCUT2D eigenvalue weighted by molar-refractivity contribution is 7.71. The molecule has 0 atom stereocenters. The lowest BCUT2D eigenvalue weighted by Crippen LogP contribution is -2.15. The van der Waals surface area contributed by atoms with Crippen molar-refractivity contribution in [1.29, 1.82) is 0 Å². The Labute approximate surface area is 129 Å². The summed E-state index contributed by atoms with van der Waals surface area (Å²) in [7, 11) is 0. The number of rotatable bonds is 3. The van der Waals surface area contributed by atoms with E-state index < -0.39 is 0 Å². The summed E-state index contributed by atoms with van der Waals surface area (Å²) in [6, 6.07) is 2.86. The Morgan fingerprint density at radius 2 is 2.10 bits per heavy atom. The summed E-state index contributed by atoms with van der Waals surface area (Å²) in [5.41, 5.74) is 3.76. The molecule has 21 heavy (non-hydrogen) atoms. The molecule has 1 aliphatic carbocycles. The van der Waals surface area contributed by atoms with Gasteiger partial charge in [-0.15, -0.1) is 0 Å². The first-order valence-corrected chi connectivity index (χ1v) is 7.92. The van der Waals surface area contributed by atoms with Crippen molar-refractivity contribution >= 4 is 18.4 Å². The molecule has 1 fully saturated rings. The quantitative estimate of drug-likeness (QED) is 0.693. The van der Waals surface area contributed by atoms with Crippen LogP contribution in [0.25, 0.3) is 0 Å². The monoisotopic (exact) mass is 303 g/mol. The van der Waals surface area contributed by atoms with Crippen molar-refractivity contribution in [1.82, 2.24) is 19.4 Å². The van der Waals surface area contributed by atoms with Crippen LogP contribution in [0.5, 0.6) is 0 Å². The zero-order valence-corrected chi connectivity index (χ0v) is 13.4. The van der Waals surface area contributed by atoms with Crippen molar-refractivity contribution in [3.05, 3.63) is 34.1 Å². The summed E-state index contributed by atoms with van der Waals surface area (Å²) in [5, 5.41) is 10.9. The van der Waals surface area contributed by atoms with Crippen LogP contribution in [0.4, 0.5) is 0 Å². The molecule has 0 saturated heterocycles. The summed E-state index contributed by atoms with van der Waals surface area (Å²) in [6.07, 6.45) is 10.1. The summed E-state index contributed by atoms with van der Waals surface area (Å²) in [5.74, 6) is 0. The van der Waals surface area contributed by atoms with Crippen molar-refractivity contribution in [3.8, 4) is 0 Å². The minimum absolute atomic E-state index is 0.507. The van der Waals surface area contributed by atoms with Gasteiger partial charge in [-0.2, -0.15) is 14.9 Å². The standard InChI is InChI=1S/C15H21N5S/c1-11-8-13(9-17-19-10-16-18-15(19)21)12(2)20(11)14-6-4-3-5-7-14/h8-10,14H,3-7H2,1-2H3,(H,18,21)/b17-9-. The highest BCUT2D eigenvalue weighted by Crippen LogP contribution is 2.31. The number of aromatic nitrogens is 4. The van der Waals surface area contributed by atoms with Crippen LogP contribution < -0.4 is 0 Å². The molecule has 0 radical (unpaired) electrons. The molecule has 0 spiro atoms. The van der Waals surface area contributed by atoms with Crippen LogP contribution in [0.1, 0.15) is 55.1 Å². The van der Waals surface area contributed by atoms with E-state index in [1.54, 1.807) is 11.0 Å². The molecule has 3 rings (SSSR count). The first-order valence-electron chi connectivity index (χ1n) is 7.51. The largest absolute Gasteiger partial charge is 0.345 e. The number of nitrogens with one attached hydrogen (secondary N) is 1. The van der Waals surface area contributed by atoms with Crippen LogP contribution in [0.15, 0.2) is 17.5 Å². The van der Waals surface area contributed by atoms with E-state index in [9.17, 15) is 0 Å². The van der Waals surface area contributed by atoms with E-state index in [2.05, 4.69) is 39.8 Å². The zero-order chi connectivity index (χ0) is 14.8. The van der Waals surface area contributed by atoms with Crippen molar-refractivity contribution < 1.29 is 0 Å². The minimum Gasteiger partial charge on any atom is -0.345 e. The number of nitrogens with zero attached hydrogens (tertiary/aromatic N) is 4. The van der Waals surface area contributed by atoms with Crippen LogP contribution in [0, 0.1) is 18.6 Å². The topological polar surface area (TPSA) is 50.9 Å². The molecular weight excluding hydrogens is 282 g/mol. The fourth-order valence-electron chi connectivity index (χ4n) is 3.28. The molecule has 0 unspecified atom stereocenters. The second-order valence-corrected chi connectivity index (χ2v) is 6.13. The zero-order valence-electron chi connectivity index (χ0n) is 12.5. The van der Waals surface area contributed by atoms with Gasteiger partial charge in [0.25, 0.3) is 0 Å². The van der Waals surface area contributed by atoms with E-state index in [0.29, 0.717) is 10.8 Å². The lowest BCUT2D eigenvalue weighted by Gasteiger charge is -2.26. The van der Waals surface area contributed by atoms with E-state index in [1.165, 1.54) is 43.5 Å². The molecule has 1 aliphatic rings. The van der Waals surface area contributed by atoms with Gasteiger partial charge in [-0.3, -0.25) is 5.10 Å². The summed E-state index contributed by atoms with van der Waals surface area (Å²) in [4.78, 5) is 0. The fourth-order valence-corrected chi connectivity index (χ4v) is 3.43. The fraction of sp³-hybridized carbons (Fsp3) is 0.533. The van der Waals surface area contributed by atoms with Gasteiger partial charge >= 0.3 is 0 Å². The van der Waals surface area contributed by atoms with Crippen LogP contribution in [0.2, 0.25) is 0 Å². The third-order valence-electron chi connectivity index (χ3n) is 4.32. The predicted octanol–water partition coefficient (Wildman–Crippen LogP) is 3.75. The second kappa shape index (κ2) is 5.97. The number of aromatic amines is 1. The average molecular weight is 303 g/mol. The van der Waals surface area contributed by atoms with Crippen molar-refractivity contribution in [2.45, 2.75) is 52.0 Å². The van der Waals surface area contributed by atoms with Gasteiger partial charge in [0.2, 0.25) is 4.77 Å². The molecule has 0 aliphatic heterocycles. The Hall–Kier alpha value is -1.69. The highest BCUT2D eigenvalue weighted by atomic mass is 32.1. The van der Waals surface area contributed by atoms with Crippen LogP contribution >= 0.6 is 12.2 Å². The van der Waals surface area contributed by atoms with Gasteiger partial charge in [0.1, 0.15) is 6.33 Å². The molecule has 0 aromatic carbocycles. The van der Waals surface area contributed by atoms with E-state index in [4.69, 9.17) is 12.2 Å². The molecule has 2 aromatic rings. The third-order valence-corrected chi connectivity index (χ3v) is 4.60. The molecule has 0 bridgehead atoms. The van der Waals surface area contributed by atoms with Crippen molar-refractivity contribution in [2.24, 2.45) is 5.10 Å². The number of hydrogen-bond acceptors (Lipinski definition) is 3. The maximum absolute atomic E-state index is 5.09. The van der Waals surface area contributed by atoms with E-state index in [1.807, 2.05) is 6.21 Å². The smallest absolute Gasteiger partial charge is 0.216 e. The van der Waals surface area contributed by atoms with E-state index in [-0.39, 0.29) is 0 Å². The molecule has 1 N–H and O–H groups in total. The van der Waals surface area contributed by atoms with Gasteiger partial charge < -0.3 is 4.57 Å². The Bertz CT molecular complexity index is 700. The lowest BCUT2D eigenvalue weighted by atomic mass is 9.95. The molecule has 2 heterocycles. The first-order chi connectivity index (χ1) is 10.2. The SMILES string of the molecule is Cc1cc(/C=N\n2cn[nH]c2=S)c(C)n1C1CCCCC1. The van der Waals surface area contributed by atoms with Gasteiger partial charge in [0.15, 0.2) is 0 Å². The molecular formula is C15H21N5S. The van der Waals surface area contributed by atoms with E-state index >= 15 is 0 Å². The van der Waals surface area contributed by atoms with Gasteiger partial charge in [-0.05, 0) is 45.0 Å².